The van der Waals surface area contributed by atoms with Gasteiger partial charge in [0.25, 0.3) is 0 Å². The summed E-state index contributed by atoms with van der Waals surface area (Å²) >= 11 is 3.52. The van der Waals surface area contributed by atoms with Gasteiger partial charge in [-0.1, -0.05) is 6.07 Å². The summed E-state index contributed by atoms with van der Waals surface area (Å²) in [6, 6.07) is 11.1. The molecule has 0 spiro atoms. The second kappa shape index (κ2) is 8.28. The van der Waals surface area contributed by atoms with Crippen molar-refractivity contribution in [3.8, 4) is 11.8 Å². The van der Waals surface area contributed by atoms with E-state index in [9.17, 15) is 4.79 Å². The van der Waals surface area contributed by atoms with Gasteiger partial charge in [0.2, 0.25) is 0 Å². The van der Waals surface area contributed by atoms with Gasteiger partial charge in [0, 0.05) is 10.9 Å². The summed E-state index contributed by atoms with van der Waals surface area (Å²) in [4.78, 5) is 11.8. The minimum atomic E-state index is -0.328. The lowest BCUT2D eigenvalue weighted by molar-refractivity contribution is -0.142. The van der Waals surface area contributed by atoms with Crippen LogP contribution >= 0.6 is 15.9 Å². The average Bonchev–Trinajstić information content (AvgIpc) is 3.02. The van der Waals surface area contributed by atoms with Crippen molar-refractivity contribution >= 4 is 32.9 Å². The van der Waals surface area contributed by atoms with Crippen molar-refractivity contribution in [2.24, 2.45) is 0 Å². The Morgan fingerprint density at radius 2 is 2.11 bits per heavy atom. The van der Waals surface area contributed by atoms with Crippen molar-refractivity contribution in [2.75, 3.05) is 6.61 Å². The number of nitriles is 1. The molecule has 1 aromatic heterocycles. The largest absolute Gasteiger partial charge is 0.489 e. The number of hydrogen-bond acceptors (Lipinski definition) is 5. The van der Waals surface area contributed by atoms with Crippen molar-refractivity contribution in [1.29, 1.82) is 5.26 Å². The van der Waals surface area contributed by atoms with E-state index in [2.05, 4.69) is 22.0 Å². The standard InChI is InChI=1S/C21H18BrNO4/c1-3-25-20(24)9-16-5-4-14(10-23)8-19(16)26-12-15-6-17-13(2)11-27-21(17)18(22)7-15/h4-8,11H,3,9,12H2,1-2H3. The number of ether oxygens (including phenoxy) is 2. The number of nitrogens with zero attached hydrogens (tertiary/aromatic N) is 1. The predicted octanol–water partition coefficient (Wildman–Crippen LogP) is 5.06. The lowest BCUT2D eigenvalue weighted by atomic mass is 10.1. The van der Waals surface area contributed by atoms with Crippen LogP contribution in [0, 0.1) is 18.3 Å². The Bertz CT molecular complexity index is 1030. The molecule has 0 saturated heterocycles. The number of aryl methyl sites for hydroxylation is 1. The molecule has 3 rings (SSSR count). The van der Waals surface area contributed by atoms with E-state index in [-0.39, 0.29) is 12.4 Å². The fourth-order valence-electron chi connectivity index (χ4n) is 2.79. The third-order valence-corrected chi connectivity index (χ3v) is 4.70. The zero-order chi connectivity index (χ0) is 19.4. The number of carbonyl (C=O) groups excluding carboxylic acids is 1. The molecule has 0 fully saturated rings. The van der Waals surface area contributed by atoms with Gasteiger partial charge in [-0.15, -0.1) is 0 Å². The van der Waals surface area contributed by atoms with E-state index in [0.29, 0.717) is 30.1 Å². The maximum atomic E-state index is 11.8. The molecule has 0 radical (unpaired) electrons. The van der Waals surface area contributed by atoms with Gasteiger partial charge < -0.3 is 13.9 Å². The van der Waals surface area contributed by atoms with Gasteiger partial charge in [-0.25, -0.2) is 0 Å². The van der Waals surface area contributed by atoms with E-state index in [1.807, 2.05) is 19.1 Å². The number of carbonyl (C=O) groups is 1. The quantitative estimate of drug-likeness (QED) is 0.514. The van der Waals surface area contributed by atoms with Gasteiger partial charge in [-0.3, -0.25) is 4.79 Å². The van der Waals surface area contributed by atoms with Crippen molar-refractivity contribution < 1.29 is 18.7 Å². The molecule has 3 aromatic rings. The molecule has 5 nitrogen and oxygen atoms in total. The summed E-state index contributed by atoms with van der Waals surface area (Å²) < 4.78 is 17.4. The Labute approximate surface area is 165 Å². The molecule has 0 unspecified atom stereocenters. The van der Waals surface area contributed by atoms with Crippen LogP contribution in [0.15, 0.2) is 45.5 Å². The number of hydrogen-bond donors (Lipinski definition) is 0. The number of halogens is 1. The Morgan fingerprint density at radius 3 is 2.85 bits per heavy atom. The van der Waals surface area contributed by atoms with Crippen LogP contribution in [0.5, 0.6) is 5.75 Å². The minimum Gasteiger partial charge on any atom is -0.489 e. The van der Waals surface area contributed by atoms with Crippen LogP contribution in [-0.2, 0) is 22.6 Å². The molecular weight excluding hydrogens is 410 g/mol. The Kier molecular flexibility index (Phi) is 5.82. The molecule has 27 heavy (non-hydrogen) atoms. The monoisotopic (exact) mass is 427 g/mol. The highest BCUT2D eigenvalue weighted by Gasteiger charge is 2.13. The number of furan rings is 1. The van der Waals surface area contributed by atoms with Crippen molar-refractivity contribution in [1.82, 2.24) is 0 Å². The third kappa shape index (κ3) is 4.32. The van der Waals surface area contributed by atoms with Gasteiger partial charge >= 0.3 is 5.97 Å². The summed E-state index contributed by atoms with van der Waals surface area (Å²) in [6.07, 6.45) is 1.81. The summed E-state index contributed by atoms with van der Waals surface area (Å²) in [7, 11) is 0. The summed E-state index contributed by atoms with van der Waals surface area (Å²) in [5.41, 5.74) is 3.95. The van der Waals surface area contributed by atoms with Crippen molar-refractivity contribution in [2.45, 2.75) is 26.9 Å². The van der Waals surface area contributed by atoms with E-state index >= 15 is 0 Å². The van der Waals surface area contributed by atoms with Crippen LogP contribution in [0.3, 0.4) is 0 Å². The minimum absolute atomic E-state index is 0.0957. The lowest BCUT2D eigenvalue weighted by Crippen LogP contribution is -2.09. The van der Waals surface area contributed by atoms with Crippen LogP contribution in [0.2, 0.25) is 0 Å². The molecule has 1 heterocycles. The molecule has 0 aliphatic heterocycles. The SMILES string of the molecule is CCOC(=O)Cc1ccc(C#N)cc1OCc1cc(Br)c2occ(C)c2c1. The van der Waals surface area contributed by atoms with Gasteiger partial charge in [-0.2, -0.15) is 5.26 Å². The van der Waals surface area contributed by atoms with Gasteiger partial charge in [-0.05, 0) is 65.2 Å². The predicted molar refractivity (Wildman–Crippen MR) is 104 cm³/mol. The van der Waals surface area contributed by atoms with Crippen molar-refractivity contribution in [3.05, 3.63) is 63.3 Å². The highest BCUT2D eigenvalue weighted by atomic mass is 79.9. The zero-order valence-electron chi connectivity index (χ0n) is 15.0. The second-order valence-corrected chi connectivity index (χ2v) is 6.93. The molecule has 0 N–H and O–H groups in total. The summed E-state index contributed by atoms with van der Waals surface area (Å²) in [5, 5.41) is 10.2. The average molecular weight is 428 g/mol. The summed E-state index contributed by atoms with van der Waals surface area (Å²) in [6.45, 7) is 4.37. The first-order valence-corrected chi connectivity index (χ1v) is 9.28. The topological polar surface area (TPSA) is 72.5 Å². The number of esters is 1. The fraction of sp³-hybridized carbons (Fsp3) is 0.238. The van der Waals surface area contributed by atoms with Crippen LogP contribution in [0.1, 0.15) is 29.2 Å². The van der Waals surface area contributed by atoms with E-state index in [1.165, 1.54) is 0 Å². The first-order chi connectivity index (χ1) is 13.0. The Hall–Kier alpha value is -2.78. The van der Waals surface area contributed by atoms with E-state index in [0.717, 1.165) is 26.6 Å². The fourth-order valence-corrected chi connectivity index (χ4v) is 3.39. The molecule has 6 heteroatoms. The van der Waals surface area contributed by atoms with Gasteiger partial charge in [0.05, 0.1) is 35.4 Å². The van der Waals surface area contributed by atoms with Crippen LogP contribution in [-0.4, -0.2) is 12.6 Å². The number of rotatable bonds is 6. The first kappa shape index (κ1) is 19.0. The molecule has 2 aromatic carbocycles. The summed E-state index contributed by atoms with van der Waals surface area (Å²) in [5.74, 6) is 0.174. The Morgan fingerprint density at radius 1 is 1.30 bits per heavy atom. The van der Waals surface area contributed by atoms with Crippen LogP contribution in [0.25, 0.3) is 11.0 Å². The van der Waals surface area contributed by atoms with Crippen LogP contribution in [0.4, 0.5) is 0 Å². The zero-order valence-corrected chi connectivity index (χ0v) is 16.6. The normalized spacial score (nSPS) is 10.6. The van der Waals surface area contributed by atoms with E-state index in [1.54, 1.807) is 31.4 Å². The number of fused-ring (bicyclic) bond motifs is 1. The maximum Gasteiger partial charge on any atom is 0.310 e. The van der Waals surface area contributed by atoms with Gasteiger partial charge in [0.15, 0.2) is 0 Å². The molecule has 0 bridgehead atoms. The molecule has 0 aliphatic carbocycles. The first-order valence-electron chi connectivity index (χ1n) is 8.49. The lowest BCUT2D eigenvalue weighted by Gasteiger charge is -2.12. The highest BCUT2D eigenvalue weighted by molar-refractivity contribution is 9.10. The smallest absolute Gasteiger partial charge is 0.310 e. The molecule has 0 atom stereocenters. The second-order valence-electron chi connectivity index (χ2n) is 6.08. The third-order valence-electron chi connectivity index (χ3n) is 4.11. The van der Waals surface area contributed by atoms with Gasteiger partial charge in [0.1, 0.15) is 17.9 Å². The molecule has 0 amide bonds. The van der Waals surface area contributed by atoms with Crippen molar-refractivity contribution in [3.63, 3.8) is 0 Å². The van der Waals surface area contributed by atoms with E-state index in [4.69, 9.17) is 19.2 Å². The van der Waals surface area contributed by atoms with Crippen LogP contribution < -0.4 is 4.74 Å². The van der Waals surface area contributed by atoms with E-state index < -0.39 is 0 Å². The molecular formula is C21H18BrNO4. The molecule has 138 valence electrons. The maximum absolute atomic E-state index is 11.8. The molecule has 0 aliphatic rings. The molecule has 0 saturated carbocycles. The highest BCUT2D eigenvalue weighted by Crippen LogP contribution is 2.30. The number of benzene rings is 2. The Balaban J connectivity index is 1.85.